The molecule has 1 amide bonds. The zero-order valence-electron chi connectivity index (χ0n) is 16.4. The fourth-order valence-electron chi connectivity index (χ4n) is 3.13. The Morgan fingerprint density at radius 3 is 2.17 bits per heavy atom. The van der Waals surface area contributed by atoms with Gasteiger partial charge in [-0.1, -0.05) is 96.8 Å². The summed E-state index contributed by atoms with van der Waals surface area (Å²) in [6.45, 7) is 1.12. The number of hydrogen-bond donors (Lipinski definition) is 0. The summed E-state index contributed by atoms with van der Waals surface area (Å²) in [5, 5.41) is 0. The third kappa shape index (κ3) is 5.17. The SMILES string of the molecule is O=C1C(=Cc2ccc(OCc3ccccc3)cc2)SC(=S)N1CCc1ccccc1. The minimum Gasteiger partial charge on any atom is -0.489 e. The highest BCUT2D eigenvalue weighted by atomic mass is 32.2. The predicted octanol–water partition coefficient (Wildman–Crippen LogP) is 5.71. The summed E-state index contributed by atoms with van der Waals surface area (Å²) in [6, 6.07) is 27.9. The number of nitrogens with zero attached hydrogens (tertiary/aromatic N) is 1. The molecule has 0 bridgehead atoms. The Labute approximate surface area is 186 Å². The van der Waals surface area contributed by atoms with E-state index in [0.717, 1.165) is 23.3 Å². The van der Waals surface area contributed by atoms with Gasteiger partial charge in [0.1, 0.15) is 16.7 Å². The Hall–Kier alpha value is -2.89. The van der Waals surface area contributed by atoms with Crippen molar-refractivity contribution < 1.29 is 9.53 Å². The van der Waals surface area contributed by atoms with E-state index < -0.39 is 0 Å². The number of thioether (sulfide) groups is 1. The minimum atomic E-state index is -0.0228. The van der Waals surface area contributed by atoms with Crippen molar-refractivity contribution in [2.45, 2.75) is 13.0 Å². The first-order valence-electron chi connectivity index (χ1n) is 9.75. The molecule has 30 heavy (non-hydrogen) atoms. The van der Waals surface area contributed by atoms with Gasteiger partial charge in [0.15, 0.2) is 0 Å². The number of thiocarbonyl (C=S) groups is 1. The van der Waals surface area contributed by atoms with Crippen molar-refractivity contribution in [3.05, 3.63) is 107 Å². The van der Waals surface area contributed by atoms with Gasteiger partial charge in [0.25, 0.3) is 5.91 Å². The van der Waals surface area contributed by atoms with Gasteiger partial charge in [0.2, 0.25) is 0 Å². The van der Waals surface area contributed by atoms with Crippen LogP contribution in [-0.4, -0.2) is 21.7 Å². The molecule has 1 aliphatic rings. The second-order valence-corrected chi connectivity index (χ2v) is 8.59. The monoisotopic (exact) mass is 431 g/mol. The van der Waals surface area contributed by atoms with E-state index in [4.69, 9.17) is 17.0 Å². The van der Waals surface area contributed by atoms with Crippen molar-refractivity contribution in [1.82, 2.24) is 4.90 Å². The number of benzene rings is 3. The third-order valence-electron chi connectivity index (χ3n) is 4.77. The lowest BCUT2D eigenvalue weighted by atomic mass is 10.1. The molecule has 0 aliphatic carbocycles. The Bertz CT molecular complexity index is 1050. The average Bonchev–Trinajstić information content (AvgIpc) is 3.05. The van der Waals surface area contributed by atoms with E-state index in [9.17, 15) is 4.79 Å². The molecule has 0 unspecified atom stereocenters. The van der Waals surface area contributed by atoms with Crippen molar-refractivity contribution in [3.63, 3.8) is 0 Å². The van der Waals surface area contributed by atoms with Crippen LogP contribution in [0.3, 0.4) is 0 Å². The summed E-state index contributed by atoms with van der Waals surface area (Å²) in [4.78, 5) is 15.1. The second kappa shape index (κ2) is 9.74. The summed E-state index contributed by atoms with van der Waals surface area (Å²) in [7, 11) is 0. The van der Waals surface area contributed by atoms with Crippen LogP contribution in [0.2, 0.25) is 0 Å². The Balaban J connectivity index is 1.37. The number of amides is 1. The van der Waals surface area contributed by atoms with Crippen molar-refractivity contribution >= 4 is 40.3 Å². The molecule has 4 rings (SSSR count). The number of carbonyl (C=O) groups is 1. The molecular weight excluding hydrogens is 410 g/mol. The fraction of sp³-hybridized carbons (Fsp3) is 0.120. The quantitative estimate of drug-likeness (QED) is 0.354. The molecule has 0 atom stereocenters. The highest BCUT2D eigenvalue weighted by Crippen LogP contribution is 2.33. The molecule has 5 heteroatoms. The summed E-state index contributed by atoms with van der Waals surface area (Å²) in [6.07, 6.45) is 2.68. The van der Waals surface area contributed by atoms with Crippen LogP contribution in [0.25, 0.3) is 6.08 Å². The van der Waals surface area contributed by atoms with Crippen LogP contribution in [-0.2, 0) is 17.8 Å². The van der Waals surface area contributed by atoms with Crippen LogP contribution in [0.15, 0.2) is 89.8 Å². The maximum absolute atomic E-state index is 12.8. The van der Waals surface area contributed by atoms with Crippen molar-refractivity contribution in [2.75, 3.05) is 6.54 Å². The predicted molar refractivity (Wildman–Crippen MR) is 127 cm³/mol. The van der Waals surface area contributed by atoms with E-state index in [0.29, 0.717) is 22.4 Å². The Kier molecular flexibility index (Phi) is 6.62. The van der Waals surface area contributed by atoms with Crippen LogP contribution in [0.5, 0.6) is 5.75 Å². The lowest BCUT2D eigenvalue weighted by Gasteiger charge is -2.14. The molecule has 150 valence electrons. The van der Waals surface area contributed by atoms with E-state index >= 15 is 0 Å². The fourth-order valence-corrected chi connectivity index (χ4v) is 4.44. The van der Waals surface area contributed by atoms with Gasteiger partial charge in [-0.2, -0.15) is 0 Å². The molecule has 1 heterocycles. The molecule has 0 N–H and O–H groups in total. The van der Waals surface area contributed by atoms with Crippen molar-refractivity contribution in [1.29, 1.82) is 0 Å². The Morgan fingerprint density at radius 1 is 0.867 bits per heavy atom. The molecule has 0 radical (unpaired) electrons. The molecule has 0 spiro atoms. The van der Waals surface area contributed by atoms with Gasteiger partial charge in [-0.15, -0.1) is 0 Å². The van der Waals surface area contributed by atoms with E-state index in [-0.39, 0.29) is 5.91 Å². The normalized spacial score (nSPS) is 15.1. The van der Waals surface area contributed by atoms with Crippen LogP contribution < -0.4 is 4.74 Å². The van der Waals surface area contributed by atoms with E-state index in [1.165, 1.54) is 17.3 Å². The van der Waals surface area contributed by atoms with Crippen LogP contribution in [0, 0.1) is 0 Å². The van der Waals surface area contributed by atoms with Gasteiger partial charge in [0, 0.05) is 6.54 Å². The molecule has 0 aromatic heterocycles. The minimum absolute atomic E-state index is 0.0228. The molecule has 1 aliphatic heterocycles. The van der Waals surface area contributed by atoms with Gasteiger partial charge in [-0.25, -0.2) is 0 Å². The second-order valence-electron chi connectivity index (χ2n) is 6.91. The summed E-state index contributed by atoms with van der Waals surface area (Å²) < 4.78 is 6.44. The van der Waals surface area contributed by atoms with E-state index in [2.05, 4.69) is 12.1 Å². The lowest BCUT2D eigenvalue weighted by Crippen LogP contribution is -2.30. The highest BCUT2D eigenvalue weighted by Gasteiger charge is 2.31. The molecule has 3 aromatic carbocycles. The van der Waals surface area contributed by atoms with Gasteiger partial charge >= 0.3 is 0 Å². The highest BCUT2D eigenvalue weighted by molar-refractivity contribution is 8.26. The number of rotatable bonds is 7. The maximum Gasteiger partial charge on any atom is 0.266 e. The summed E-state index contributed by atoms with van der Waals surface area (Å²) in [5.74, 6) is 0.775. The summed E-state index contributed by atoms with van der Waals surface area (Å²) >= 11 is 6.80. The number of hydrogen-bond acceptors (Lipinski definition) is 4. The van der Waals surface area contributed by atoms with Gasteiger partial charge < -0.3 is 4.74 Å². The molecular formula is C25H21NO2S2. The zero-order valence-corrected chi connectivity index (χ0v) is 18.0. The lowest BCUT2D eigenvalue weighted by molar-refractivity contribution is -0.122. The maximum atomic E-state index is 12.8. The molecule has 3 aromatic rings. The molecule has 1 saturated heterocycles. The summed E-state index contributed by atoms with van der Waals surface area (Å²) in [5.41, 5.74) is 3.27. The van der Waals surface area contributed by atoms with Crippen LogP contribution >= 0.6 is 24.0 Å². The number of ether oxygens (including phenoxy) is 1. The largest absolute Gasteiger partial charge is 0.489 e. The van der Waals surface area contributed by atoms with Crippen molar-refractivity contribution in [2.24, 2.45) is 0 Å². The van der Waals surface area contributed by atoms with E-state index in [1.54, 1.807) is 4.90 Å². The van der Waals surface area contributed by atoms with Gasteiger partial charge in [0.05, 0.1) is 4.91 Å². The zero-order chi connectivity index (χ0) is 20.8. The first-order valence-corrected chi connectivity index (χ1v) is 11.0. The van der Waals surface area contributed by atoms with Crippen molar-refractivity contribution in [3.8, 4) is 5.75 Å². The van der Waals surface area contributed by atoms with E-state index in [1.807, 2.05) is 78.9 Å². The topological polar surface area (TPSA) is 29.5 Å². The molecule has 3 nitrogen and oxygen atoms in total. The smallest absolute Gasteiger partial charge is 0.266 e. The standard InChI is InChI=1S/C25H21NO2S2/c27-24-23(30-25(29)26(24)16-15-19-7-3-1-4-8-19)17-20-11-13-22(14-12-20)28-18-21-9-5-2-6-10-21/h1-14,17H,15-16,18H2. The average molecular weight is 432 g/mol. The molecule has 0 saturated carbocycles. The van der Waals surface area contributed by atoms with Gasteiger partial charge in [-0.05, 0) is 41.3 Å². The Morgan fingerprint density at radius 2 is 1.50 bits per heavy atom. The number of carbonyl (C=O) groups excluding carboxylic acids is 1. The van der Waals surface area contributed by atoms with Crippen LogP contribution in [0.1, 0.15) is 16.7 Å². The van der Waals surface area contributed by atoms with Crippen LogP contribution in [0.4, 0.5) is 0 Å². The van der Waals surface area contributed by atoms with Gasteiger partial charge in [-0.3, -0.25) is 9.69 Å². The third-order valence-corrected chi connectivity index (χ3v) is 6.14. The first-order chi connectivity index (χ1) is 14.7. The molecule has 1 fully saturated rings. The first kappa shape index (κ1) is 20.4.